The minimum Gasteiger partial charge on any atom is -0.391 e. The molecule has 1 aliphatic rings. The fourth-order valence-electron chi connectivity index (χ4n) is 2.80. The molecule has 1 fully saturated rings. The summed E-state index contributed by atoms with van der Waals surface area (Å²) in [6.45, 7) is 0. The van der Waals surface area contributed by atoms with E-state index >= 15 is 0 Å². The Labute approximate surface area is 126 Å². The molecule has 1 aliphatic carbocycles. The number of aliphatic hydroxyl groups is 1. The van der Waals surface area contributed by atoms with Crippen LogP contribution >= 0.6 is 12.4 Å². The van der Waals surface area contributed by atoms with E-state index in [1.807, 2.05) is 0 Å². The number of benzene rings is 1. The fraction of sp³-hybridized carbons (Fsp3) is 0.571. The lowest BCUT2D eigenvalue weighted by Crippen LogP contribution is -2.33. The molecule has 0 aromatic heterocycles. The Morgan fingerprint density at radius 3 is 2.29 bits per heavy atom. The van der Waals surface area contributed by atoms with Gasteiger partial charge in [0.2, 0.25) is 0 Å². The van der Waals surface area contributed by atoms with Crippen LogP contribution in [0.5, 0.6) is 0 Å². The van der Waals surface area contributed by atoms with Gasteiger partial charge < -0.3 is 10.8 Å². The van der Waals surface area contributed by atoms with Crippen LogP contribution in [0.4, 0.5) is 17.6 Å². The van der Waals surface area contributed by atoms with Gasteiger partial charge in [-0.3, -0.25) is 0 Å². The molecular formula is C14H18ClF4NO. The first-order chi connectivity index (χ1) is 9.32. The molecule has 0 saturated heterocycles. The van der Waals surface area contributed by atoms with E-state index in [1.165, 1.54) is 6.07 Å². The molecule has 7 heteroatoms. The van der Waals surface area contributed by atoms with Crippen molar-refractivity contribution in [1.82, 2.24) is 0 Å². The summed E-state index contributed by atoms with van der Waals surface area (Å²) in [5.74, 6) is -1.46. The number of halogens is 5. The molecule has 1 saturated carbocycles. The summed E-state index contributed by atoms with van der Waals surface area (Å²) >= 11 is 0. The van der Waals surface area contributed by atoms with Gasteiger partial charge in [0, 0.05) is 5.56 Å². The van der Waals surface area contributed by atoms with E-state index < -0.39 is 29.7 Å². The molecule has 0 spiro atoms. The van der Waals surface area contributed by atoms with Crippen molar-refractivity contribution in [1.29, 1.82) is 0 Å². The Kier molecular flexibility index (Phi) is 6.01. The second kappa shape index (κ2) is 6.94. The topological polar surface area (TPSA) is 46.2 Å². The van der Waals surface area contributed by atoms with E-state index in [1.54, 1.807) is 0 Å². The highest BCUT2D eigenvalue weighted by Crippen LogP contribution is 2.36. The lowest BCUT2D eigenvalue weighted by atomic mass is 9.90. The average molecular weight is 328 g/mol. The minimum atomic E-state index is -4.77. The molecule has 2 atom stereocenters. The standard InChI is InChI=1S/C14H17F4NO.ClH/c15-11-9(6-3-7-10(11)14(16,17)18)12(19)13(20)8-4-1-2-5-8;/h3,6-8,12-13,20H,1-2,4-5,19H2;1H/t12-,13+;/m1./s1. The van der Waals surface area contributed by atoms with Gasteiger partial charge in [-0.2, -0.15) is 13.2 Å². The van der Waals surface area contributed by atoms with Crippen LogP contribution in [0.15, 0.2) is 18.2 Å². The van der Waals surface area contributed by atoms with Gasteiger partial charge in [-0.05, 0) is 24.8 Å². The zero-order valence-electron chi connectivity index (χ0n) is 11.2. The van der Waals surface area contributed by atoms with Crippen LogP contribution in [-0.2, 0) is 6.18 Å². The normalized spacial score (nSPS) is 19.1. The summed E-state index contributed by atoms with van der Waals surface area (Å²) in [7, 11) is 0. The first-order valence-corrected chi connectivity index (χ1v) is 6.61. The van der Waals surface area contributed by atoms with E-state index in [-0.39, 0.29) is 23.9 Å². The van der Waals surface area contributed by atoms with Crippen molar-refractivity contribution in [3.8, 4) is 0 Å². The Bertz CT molecular complexity index is 475. The molecule has 1 aromatic rings. The van der Waals surface area contributed by atoms with Gasteiger partial charge in [-0.15, -0.1) is 12.4 Å². The number of aliphatic hydroxyl groups excluding tert-OH is 1. The molecule has 1 aromatic carbocycles. The third kappa shape index (κ3) is 3.87. The van der Waals surface area contributed by atoms with E-state index in [0.29, 0.717) is 6.07 Å². The number of rotatable bonds is 3. The SMILES string of the molecule is Cl.N[C@H](c1cccc(C(F)(F)F)c1F)[C@@H](O)C1CCCC1. The summed E-state index contributed by atoms with van der Waals surface area (Å²) in [5, 5.41) is 10.1. The van der Waals surface area contributed by atoms with E-state index in [0.717, 1.165) is 31.7 Å². The Hall–Kier alpha value is -0.850. The van der Waals surface area contributed by atoms with Crippen molar-refractivity contribution >= 4 is 12.4 Å². The molecule has 120 valence electrons. The highest BCUT2D eigenvalue weighted by atomic mass is 35.5. The molecular weight excluding hydrogens is 310 g/mol. The maximum absolute atomic E-state index is 14.0. The van der Waals surface area contributed by atoms with Crippen LogP contribution in [-0.4, -0.2) is 11.2 Å². The Morgan fingerprint density at radius 1 is 1.19 bits per heavy atom. The Morgan fingerprint density at radius 2 is 1.76 bits per heavy atom. The lowest BCUT2D eigenvalue weighted by Gasteiger charge is -2.25. The van der Waals surface area contributed by atoms with Crippen LogP contribution < -0.4 is 5.73 Å². The highest BCUT2D eigenvalue weighted by molar-refractivity contribution is 5.85. The largest absolute Gasteiger partial charge is 0.419 e. The second-order valence-electron chi connectivity index (χ2n) is 5.27. The number of hydrogen-bond acceptors (Lipinski definition) is 2. The molecule has 0 unspecified atom stereocenters. The van der Waals surface area contributed by atoms with E-state index in [9.17, 15) is 22.7 Å². The fourth-order valence-corrected chi connectivity index (χ4v) is 2.80. The summed E-state index contributed by atoms with van der Waals surface area (Å²) in [4.78, 5) is 0. The summed E-state index contributed by atoms with van der Waals surface area (Å²) in [6.07, 6.45) is -2.32. The molecule has 0 aliphatic heterocycles. The zero-order valence-corrected chi connectivity index (χ0v) is 12.1. The van der Waals surface area contributed by atoms with Crippen LogP contribution in [0.3, 0.4) is 0 Å². The summed E-state index contributed by atoms with van der Waals surface area (Å²) in [6, 6.07) is 1.85. The van der Waals surface area contributed by atoms with Gasteiger partial charge >= 0.3 is 6.18 Å². The smallest absolute Gasteiger partial charge is 0.391 e. The van der Waals surface area contributed by atoms with Crippen LogP contribution in [0.25, 0.3) is 0 Å². The van der Waals surface area contributed by atoms with E-state index in [2.05, 4.69) is 0 Å². The van der Waals surface area contributed by atoms with Crippen LogP contribution in [0.1, 0.15) is 42.9 Å². The van der Waals surface area contributed by atoms with Crippen molar-refractivity contribution in [2.45, 2.75) is 44.0 Å². The van der Waals surface area contributed by atoms with Gasteiger partial charge in [-0.1, -0.05) is 25.0 Å². The lowest BCUT2D eigenvalue weighted by molar-refractivity contribution is -0.140. The minimum absolute atomic E-state index is 0. The van der Waals surface area contributed by atoms with E-state index in [4.69, 9.17) is 5.73 Å². The highest BCUT2D eigenvalue weighted by Gasteiger charge is 2.37. The predicted molar refractivity (Wildman–Crippen MR) is 73.5 cm³/mol. The molecule has 0 amide bonds. The van der Waals surface area contributed by atoms with Gasteiger partial charge in [0.05, 0.1) is 17.7 Å². The third-order valence-corrected chi connectivity index (χ3v) is 3.94. The maximum atomic E-state index is 14.0. The molecule has 21 heavy (non-hydrogen) atoms. The maximum Gasteiger partial charge on any atom is 0.419 e. The van der Waals surface area contributed by atoms with Crippen molar-refractivity contribution in [2.24, 2.45) is 11.7 Å². The molecule has 2 nitrogen and oxygen atoms in total. The first-order valence-electron chi connectivity index (χ1n) is 6.61. The van der Waals surface area contributed by atoms with Gasteiger partial charge in [0.1, 0.15) is 5.82 Å². The average Bonchev–Trinajstić information content (AvgIpc) is 2.89. The van der Waals surface area contributed by atoms with Crippen molar-refractivity contribution in [3.63, 3.8) is 0 Å². The molecule has 0 bridgehead atoms. The van der Waals surface area contributed by atoms with Crippen LogP contribution in [0.2, 0.25) is 0 Å². The second-order valence-corrected chi connectivity index (χ2v) is 5.27. The van der Waals surface area contributed by atoms with Crippen molar-refractivity contribution in [2.75, 3.05) is 0 Å². The summed E-state index contributed by atoms with van der Waals surface area (Å²) < 4.78 is 51.9. The first kappa shape index (κ1) is 18.2. The number of alkyl halides is 3. The monoisotopic (exact) mass is 327 g/mol. The van der Waals surface area contributed by atoms with Gasteiger partial charge in [-0.25, -0.2) is 4.39 Å². The summed E-state index contributed by atoms with van der Waals surface area (Å²) in [5.41, 5.74) is 4.15. The van der Waals surface area contributed by atoms with Crippen molar-refractivity contribution in [3.05, 3.63) is 35.1 Å². The molecule has 2 rings (SSSR count). The number of hydrogen-bond donors (Lipinski definition) is 2. The third-order valence-electron chi connectivity index (χ3n) is 3.94. The Balaban J connectivity index is 0.00000220. The zero-order chi connectivity index (χ0) is 14.9. The quantitative estimate of drug-likeness (QED) is 0.829. The van der Waals surface area contributed by atoms with Crippen LogP contribution in [0, 0.1) is 11.7 Å². The van der Waals surface area contributed by atoms with Crippen molar-refractivity contribution < 1.29 is 22.7 Å². The molecule has 3 N–H and O–H groups in total. The molecule has 0 radical (unpaired) electrons. The van der Waals surface area contributed by atoms with Gasteiger partial charge in [0.15, 0.2) is 0 Å². The predicted octanol–water partition coefficient (Wildman–Crippen LogP) is 3.82. The number of nitrogens with two attached hydrogens (primary N) is 1. The van der Waals surface area contributed by atoms with Gasteiger partial charge in [0.25, 0.3) is 0 Å². The molecule has 0 heterocycles.